The highest BCUT2D eigenvalue weighted by Crippen LogP contribution is 2.27. The summed E-state index contributed by atoms with van der Waals surface area (Å²) in [5.74, 6) is -0.288. The third-order valence-electron chi connectivity index (χ3n) is 7.01. The first-order valence-corrected chi connectivity index (χ1v) is 15.6. The van der Waals surface area contributed by atoms with E-state index in [1.807, 2.05) is 0 Å². The molecule has 3 aromatic rings. The second-order valence-electron chi connectivity index (χ2n) is 9.76. The number of fused-ring (bicyclic) bond motifs is 1. The summed E-state index contributed by atoms with van der Waals surface area (Å²) < 4.78 is 15.2. The number of rotatable bonds is 9. The first-order valence-electron chi connectivity index (χ1n) is 13.4. The zero-order valence-electron chi connectivity index (χ0n) is 21.8. The largest absolute Gasteiger partial charge is 0.462 e. The number of esters is 1. The maximum Gasteiger partial charge on any atom is 0.338 e. The molecule has 0 bridgehead atoms. The molecule has 2 fully saturated rings. The summed E-state index contributed by atoms with van der Waals surface area (Å²) in [4.78, 5) is 43.5. The molecular weight excluding hydrogens is 557 g/mol. The van der Waals surface area contributed by atoms with Crippen molar-refractivity contribution in [1.82, 2.24) is 19.4 Å². The third kappa shape index (κ3) is 6.45. The first-order chi connectivity index (χ1) is 18.9. The summed E-state index contributed by atoms with van der Waals surface area (Å²) in [7, 11) is 0. The van der Waals surface area contributed by atoms with Crippen LogP contribution in [0.25, 0.3) is 16.0 Å². The van der Waals surface area contributed by atoms with Crippen molar-refractivity contribution < 1.29 is 19.1 Å². The third-order valence-corrected chi connectivity index (χ3v) is 9.34. The van der Waals surface area contributed by atoms with Crippen LogP contribution in [0.4, 0.5) is 0 Å². The minimum Gasteiger partial charge on any atom is -0.462 e. The molecule has 1 amide bonds. The summed E-state index contributed by atoms with van der Waals surface area (Å²) in [5, 5.41) is 3.61. The average molecular weight is 589 g/mol. The highest BCUT2D eigenvalue weighted by atomic mass is 32.2. The van der Waals surface area contributed by atoms with Gasteiger partial charge >= 0.3 is 5.97 Å². The Morgan fingerprint density at radius 1 is 1.18 bits per heavy atom. The van der Waals surface area contributed by atoms with E-state index >= 15 is 0 Å². The number of thiazole rings is 1. The quantitative estimate of drug-likeness (QED) is 0.163. The molecule has 12 heteroatoms. The number of hydrogen-bond acceptors (Lipinski definition) is 9. The van der Waals surface area contributed by atoms with E-state index in [1.54, 1.807) is 40.3 Å². The molecule has 0 unspecified atom stereocenters. The van der Waals surface area contributed by atoms with Crippen molar-refractivity contribution in [3.05, 3.63) is 44.1 Å². The zero-order valence-corrected chi connectivity index (χ0v) is 24.3. The van der Waals surface area contributed by atoms with Crippen LogP contribution in [0.1, 0.15) is 62.2 Å². The van der Waals surface area contributed by atoms with E-state index < -0.39 is 5.97 Å². The molecular formula is C27H32N4O5S3. The summed E-state index contributed by atoms with van der Waals surface area (Å²) in [6, 6.07) is 7.08. The van der Waals surface area contributed by atoms with Crippen LogP contribution in [-0.4, -0.2) is 57.1 Å². The van der Waals surface area contributed by atoms with Crippen LogP contribution in [-0.2, 0) is 20.8 Å². The number of carbonyl (C=O) groups is 2. The molecule has 1 N–H and O–H groups in total. The zero-order chi connectivity index (χ0) is 27.4. The van der Waals surface area contributed by atoms with Gasteiger partial charge in [-0.05, 0) is 69.1 Å². The molecule has 208 valence electrons. The highest BCUT2D eigenvalue weighted by molar-refractivity contribution is 7.99. The summed E-state index contributed by atoms with van der Waals surface area (Å²) >= 11 is 8.12. The lowest BCUT2D eigenvalue weighted by molar-refractivity contribution is -0.119. The fraction of sp³-hybridized carbons (Fsp3) is 0.519. The van der Waals surface area contributed by atoms with Gasteiger partial charge in [0.2, 0.25) is 5.91 Å². The van der Waals surface area contributed by atoms with E-state index in [2.05, 4.69) is 5.32 Å². The maximum absolute atomic E-state index is 13.8. The minimum atomic E-state index is -0.400. The lowest BCUT2D eigenvalue weighted by Crippen LogP contribution is -2.37. The number of thioether (sulfide) groups is 1. The van der Waals surface area contributed by atoms with Gasteiger partial charge < -0.3 is 14.8 Å². The molecule has 5 rings (SSSR count). The van der Waals surface area contributed by atoms with E-state index in [9.17, 15) is 14.4 Å². The fourth-order valence-electron chi connectivity index (χ4n) is 5.07. The van der Waals surface area contributed by atoms with Crippen LogP contribution in [0.5, 0.6) is 0 Å². The number of nitrogens with one attached hydrogen (secondary N) is 1. The Balaban J connectivity index is 1.48. The number of amides is 1. The standard InChI is InChI=1S/C27H32N4O5S3/c1-2-35-25(34)17-10-12-19(13-11-17)31-23-22(39-27(31)37)24(33)30(15-20-9-6-14-36-20)26(29-23)38-16-21(32)28-18-7-4-3-5-8-18/h10-13,18,20H,2-9,14-16H2,1H3,(H,28,32)/t20-/m1/s1. The van der Waals surface area contributed by atoms with Crippen LogP contribution >= 0.6 is 35.3 Å². The molecule has 1 atom stereocenters. The van der Waals surface area contributed by atoms with Crippen molar-refractivity contribution in [1.29, 1.82) is 0 Å². The summed E-state index contributed by atoms with van der Waals surface area (Å²) in [5.41, 5.74) is 1.37. The molecule has 1 aliphatic carbocycles. The number of nitrogens with zero attached hydrogens (tertiary/aromatic N) is 3. The van der Waals surface area contributed by atoms with Crippen molar-refractivity contribution in [2.45, 2.75) is 75.7 Å². The Labute approximate surface area is 239 Å². The number of carbonyl (C=O) groups excluding carboxylic acids is 2. The molecule has 3 heterocycles. The normalized spacial score (nSPS) is 17.9. The topological polar surface area (TPSA) is 104 Å². The number of aromatic nitrogens is 3. The average Bonchev–Trinajstić information content (AvgIpc) is 3.57. The van der Waals surface area contributed by atoms with Crippen LogP contribution in [0.2, 0.25) is 0 Å². The van der Waals surface area contributed by atoms with E-state index in [1.165, 1.54) is 29.5 Å². The minimum absolute atomic E-state index is 0.0541. The lowest BCUT2D eigenvalue weighted by Gasteiger charge is -2.22. The van der Waals surface area contributed by atoms with Crippen LogP contribution < -0.4 is 10.9 Å². The van der Waals surface area contributed by atoms with Gasteiger partial charge in [0, 0.05) is 18.3 Å². The summed E-state index contributed by atoms with van der Waals surface area (Å²) in [6.07, 6.45) is 7.28. The lowest BCUT2D eigenvalue weighted by atomic mass is 9.95. The Kier molecular flexibility index (Phi) is 9.16. The highest BCUT2D eigenvalue weighted by Gasteiger charge is 2.24. The summed E-state index contributed by atoms with van der Waals surface area (Å²) in [6.45, 7) is 3.11. The molecule has 1 saturated heterocycles. The molecule has 2 aromatic heterocycles. The van der Waals surface area contributed by atoms with Gasteiger partial charge in [-0.1, -0.05) is 42.4 Å². The Morgan fingerprint density at radius 2 is 1.95 bits per heavy atom. The van der Waals surface area contributed by atoms with Gasteiger partial charge in [-0.25, -0.2) is 9.78 Å². The molecule has 2 aliphatic rings. The Morgan fingerprint density at radius 3 is 2.64 bits per heavy atom. The van der Waals surface area contributed by atoms with E-state index in [4.69, 9.17) is 26.7 Å². The molecule has 39 heavy (non-hydrogen) atoms. The molecule has 1 aromatic carbocycles. The number of benzene rings is 1. The van der Waals surface area contributed by atoms with Gasteiger partial charge in [0.25, 0.3) is 5.56 Å². The molecule has 0 spiro atoms. The van der Waals surface area contributed by atoms with Crippen LogP contribution in [0.15, 0.2) is 34.2 Å². The SMILES string of the molecule is CCOC(=O)c1ccc(-n2c(=S)sc3c(=O)n(C[C@H]4CCCO4)c(SCC(=O)NC4CCCCC4)nc32)cc1. The second-order valence-corrected chi connectivity index (χ2v) is 12.3. The van der Waals surface area contributed by atoms with E-state index in [0.717, 1.165) is 38.5 Å². The van der Waals surface area contributed by atoms with Gasteiger partial charge in [-0.3, -0.25) is 18.7 Å². The molecule has 9 nitrogen and oxygen atoms in total. The predicted molar refractivity (Wildman–Crippen MR) is 155 cm³/mol. The Hall–Kier alpha value is -2.54. The first kappa shape index (κ1) is 28.0. The molecule has 1 aliphatic heterocycles. The molecule has 0 radical (unpaired) electrons. The number of ether oxygens (including phenoxy) is 2. The monoisotopic (exact) mass is 588 g/mol. The van der Waals surface area contributed by atoms with Crippen LogP contribution in [0.3, 0.4) is 0 Å². The van der Waals surface area contributed by atoms with Gasteiger partial charge in [-0.2, -0.15) is 0 Å². The van der Waals surface area contributed by atoms with E-state index in [0.29, 0.717) is 50.5 Å². The van der Waals surface area contributed by atoms with Crippen molar-refractivity contribution in [2.24, 2.45) is 0 Å². The van der Waals surface area contributed by atoms with Gasteiger partial charge in [-0.15, -0.1) is 0 Å². The van der Waals surface area contributed by atoms with Crippen LogP contribution in [0, 0.1) is 3.95 Å². The predicted octanol–water partition coefficient (Wildman–Crippen LogP) is 4.87. The van der Waals surface area contributed by atoms with Gasteiger partial charge in [0.15, 0.2) is 14.8 Å². The van der Waals surface area contributed by atoms with Crippen molar-refractivity contribution >= 4 is 57.5 Å². The number of hydrogen-bond donors (Lipinski definition) is 1. The van der Waals surface area contributed by atoms with Crippen molar-refractivity contribution in [2.75, 3.05) is 19.0 Å². The smallest absolute Gasteiger partial charge is 0.338 e. The van der Waals surface area contributed by atoms with Gasteiger partial charge in [0.05, 0.1) is 30.6 Å². The fourth-order valence-corrected chi connectivity index (χ4v) is 7.20. The van der Waals surface area contributed by atoms with E-state index in [-0.39, 0.29) is 29.4 Å². The second kappa shape index (κ2) is 12.8. The van der Waals surface area contributed by atoms with Crippen molar-refractivity contribution in [3.63, 3.8) is 0 Å². The molecule has 1 saturated carbocycles. The Bertz CT molecular complexity index is 1450. The maximum atomic E-state index is 13.8. The van der Waals surface area contributed by atoms with Gasteiger partial charge in [0.1, 0.15) is 4.70 Å². The van der Waals surface area contributed by atoms with Crippen molar-refractivity contribution in [3.8, 4) is 5.69 Å².